The monoisotopic (exact) mass is 478 g/mol. The summed E-state index contributed by atoms with van der Waals surface area (Å²) in [6, 6.07) is 5.97. The lowest BCUT2D eigenvalue weighted by Gasteiger charge is -2.35. The van der Waals surface area contributed by atoms with E-state index in [1.807, 2.05) is 38.2 Å². The molecule has 0 atom stereocenters. The fraction of sp³-hybridized carbons (Fsp3) is 0.500. The molecule has 0 unspecified atom stereocenters. The number of fused-ring (bicyclic) bond motifs is 2. The van der Waals surface area contributed by atoms with E-state index in [1.54, 1.807) is 11.6 Å². The lowest BCUT2D eigenvalue weighted by atomic mass is 9.99. The number of H-pyrrole nitrogens is 1. The van der Waals surface area contributed by atoms with Gasteiger partial charge in [0.15, 0.2) is 11.4 Å². The van der Waals surface area contributed by atoms with Gasteiger partial charge in [0.05, 0.1) is 29.4 Å². The van der Waals surface area contributed by atoms with Gasteiger partial charge in [0.2, 0.25) is 5.88 Å². The van der Waals surface area contributed by atoms with Crippen LogP contribution in [0.5, 0.6) is 11.6 Å². The second-order valence-electron chi connectivity index (χ2n) is 10.3. The molecule has 0 aromatic carbocycles. The predicted octanol–water partition coefficient (Wildman–Crippen LogP) is 4.02. The minimum atomic E-state index is -0.679. The van der Waals surface area contributed by atoms with Crippen LogP contribution in [0.25, 0.3) is 27.9 Å². The molecular weight excluding hydrogens is 444 g/mol. The van der Waals surface area contributed by atoms with Crippen LogP contribution in [0.3, 0.4) is 0 Å². The standard InChI is InChI=1S/C26H34N6O3/c1-16(2)22-23(17-12-20(34-5)25-27-15-28-32(25)13-17)29-19-6-7-21(30-24(19)22)35-18-8-10-31(11-9-18)14-26(3,4)33/h6-7,12-13,15-16,18,29,33H,8-11,14H2,1-5H3. The summed E-state index contributed by atoms with van der Waals surface area (Å²) < 4.78 is 13.6. The molecule has 0 bridgehead atoms. The number of nitrogens with zero attached hydrogens (tertiary/aromatic N) is 5. The van der Waals surface area contributed by atoms with Gasteiger partial charge in [0.1, 0.15) is 12.4 Å². The Balaban J connectivity index is 1.43. The van der Waals surface area contributed by atoms with E-state index in [2.05, 4.69) is 33.8 Å². The van der Waals surface area contributed by atoms with Gasteiger partial charge < -0.3 is 24.5 Å². The van der Waals surface area contributed by atoms with Crippen molar-refractivity contribution in [3.8, 4) is 22.9 Å². The summed E-state index contributed by atoms with van der Waals surface area (Å²) in [4.78, 5) is 15.1. The van der Waals surface area contributed by atoms with Crippen LogP contribution < -0.4 is 9.47 Å². The van der Waals surface area contributed by atoms with Crippen molar-refractivity contribution in [3.63, 3.8) is 0 Å². The average Bonchev–Trinajstić information content (AvgIpc) is 3.43. The van der Waals surface area contributed by atoms with E-state index < -0.39 is 5.60 Å². The molecule has 0 saturated carbocycles. The first-order valence-corrected chi connectivity index (χ1v) is 12.2. The highest BCUT2D eigenvalue weighted by Crippen LogP contribution is 2.37. The molecule has 9 nitrogen and oxygen atoms in total. The van der Waals surface area contributed by atoms with E-state index in [1.165, 1.54) is 6.33 Å². The predicted molar refractivity (Wildman–Crippen MR) is 135 cm³/mol. The molecule has 4 aromatic rings. The lowest BCUT2D eigenvalue weighted by Crippen LogP contribution is -2.45. The first-order chi connectivity index (χ1) is 16.7. The van der Waals surface area contributed by atoms with Crippen LogP contribution in [0.1, 0.15) is 52.0 Å². The molecule has 9 heteroatoms. The third-order valence-electron chi connectivity index (χ3n) is 6.51. The number of aromatic nitrogens is 5. The number of likely N-dealkylation sites (tertiary alicyclic amines) is 1. The second kappa shape index (κ2) is 9.13. The summed E-state index contributed by atoms with van der Waals surface area (Å²) in [6.07, 6.45) is 5.45. The number of aliphatic hydroxyl groups is 1. The van der Waals surface area contributed by atoms with Crippen molar-refractivity contribution < 1.29 is 14.6 Å². The Morgan fingerprint density at radius 2 is 2.00 bits per heavy atom. The van der Waals surface area contributed by atoms with E-state index in [4.69, 9.17) is 14.5 Å². The molecule has 35 heavy (non-hydrogen) atoms. The third kappa shape index (κ3) is 4.83. The molecule has 0 spiro atoms. The van der Waals surface area contributed by atoms with Crippen molar-refractivity contribution >= 4 is 16.7 Å². The van der Waals surface area contributed by atoms with E-state index in [0.29, 0.717) is 23.8 Å². The van der Waals surface area contributed by atoms with E-state index >= 15 is 0 Å². The zero-order chi connectivity index (χ0) is 24.7. The zero-order valence-corrected chi connectivity index (χ0v) is 21.1. The van der Waals surface area contributed by atoms with Gasteiger partial charge in [-0.15, -0.1) is 0 Å². The van der Waals surface area contributed by atoms with Crippen molar-refractivity contribution in [2.45, 2.75) is 58.2 Å². The quantitative estimate of drug-likeness (QED) is 0.414. The van der Waals surface area contributed by atoms with E-state index in [9.17, 15) is 5.11 Å². The van der Waals surface area contributed by atoms with Gasteiger partial charge in [-0.05, 0) is 44.7 Å². The Morgan fingerprint density at radius 3 is 2.69 bits per heavy atom. The summed E-state index contributed by atoms with van der Waals surface area (Å²) in [6.45, 7) is 10.6. The maximum Gasteiger partial charge on any atom is 0.214 e. The average molecular weight is 479 g/mol. The van der Waals surface area contributed by atoms with Crippen LogP contribution in [0, 0.1) is 0 Å². The number of β-amino-alcohol motifs (C(OH)–C–C–N with tert-alkyl or cyclic N) is 1. The van der Waals surface area contributed by atoms with Crippen LogP contribution in [0.2, 0.25) is 0 Å². The number of hydrogen-bond donors (Lipinski definition) is 2. The SMILES string of the molecule is COc1cc(-c2[nH]c3ccc(OC4CCN(CC(C)(C)O)CC4)nc3c2C(C)C)cn2ncnc12. The Labute approximate surface area is 205 Å². The fourth-order valence-corrected chi connectivity index (χ4v) is 5.01. The van der Waals surface area contributed by atoms with E-state index in [0.717, 1.165) is 53.8 Å². The first-order valence-electron chi connectivity index (χ1n) is 12.2. The summed E-state index contributed by atoms with van der Waals surface area (Å²) in [7, 11) is 1.64. The molecule has 0 aliphatic carbocycles. The molecule has 1 aliphatic rings. The Morgan fingerprint density at radius 1 is 1.23 bits per heavy atom. The molecule has 5 rings (SSSR count). The van der Waals surface area contributed by atoms with Crippen molar-refractivity contribution in [2.75, 3.05) is 26.7 Å². The summed E-state index contributed by atoms with van der Waals surface area (Å²) in [5, 5.41) is 14.4. The van der Waals surface area contributed by atoms with Crippen molar-refractivity contribution in [1.29, 1.82) is 0 Å². The largest absolute Gasteiger partial charge is 0.493 e. The lowest BCUT2D eigenvalue weighted by molar-refractivity contribution is 0.0134. The maximum atomic E-state index is 10.1. The van der Waals surface area contributed by atoms with Gasteiger partial charge in [0.25, 0.3) is 0 Å². The van der Waals surface area contributed by atoms with Crippen molar-refractivity contribution in [3.05, 3.63) is 36.3 Å². The van der Waals surface area contributed by atoms with Crippen LogP contribution >= 0.6 is 0 Å². The van der Waals surface area contributed by atoms with Gasteiger partial charge in [-0.25, -0.2) is 14.5 Å². The fourth-order valence-electron chi connectivity index (χ4n) is 5.01. The van der Waals surface area contributed by atoms with Gasteiger partial charge in [0, 0.05) is 43.0 Å². The molecule has 2 N–H and O–H groups in total. The number of ether oxygens (including phenoxy) is 2. The molecule has 1 fully saturated rings. The number of aromatic amines is 1. The highest BCUT2D eigenvalue weighted by molar-refractivity contribution is 5.89. The highest BCUT2D eigenvalue weighted by Gasteiger charge is 2.26. The number of hydrogen-bond acceptors (Lipinski definition) is 7. The van der Waals surface area contributed by atoms with Crippen molar-refractivity contribution in [1.82, 2.24) is 29.5 Å². The third-order valence-corrected chi connectivity index (χ3v) is 6.51. The molecule has 0 radical (unpaired) electrons. The molecule has 186 valence electrons. The zero-order valence-electron chi connectivity index (χ0n) is 21.1. The Bertz CT molecular complexity index is 1330. The summed E-state index contributed by atoms with van der Waals surface area (Å²) in [5.74, 6) is 1.56. The molecule has 0 amide bonds. The van der Waals surface area contributed by atoms with E-state index in [-0.39, 0.29) is 12.0 Å². The van der Waals surface area contributed by atoms with Gasteiger partial charge in [-0.1, -0.05) is 13.8 Å². The Hall–Kier alpha value is -3.17. The smallest absolute Gasteiger partial charge is 0.214 e. The molecule has 4 aromatic heterocycles. The summed E-state index contributed by atoms with van der Waals surface area (Å²) in [5.41, 5.74) is 4.98. The number of rotatable bonds is 7. The van der Waals surface area contributed by atoms with Gasteiger partial charge >= 0.3 is 0 Å². The van der Waals surface area contributed by atoms with Gasteiger partial charge in [-0.3, -0.25) is 0 Å². The first kappa shape index (κ1) is 23.6. The molecule has 1 aliphatic heterocycles. The number of piperidine rings is 1. The number of nitrogens with one attached hydrogen (secondary N) is 1. The molecule has 1 saturated heterocycles. The number of methoxy groups -OCH3 is 1. The van der Waals surface area contributed by atoms with Crippen LogP contribution in [0.15, 0.2) is 30.7 Å². The molecular formula is C26H34N6O3. The van der Waals surface area contributed by atoms with Crippen LogP contribution in [-0.2, 0) is 0 Å². The minimum absolute atomic E-state index is 0.123. The van der Waals surface area contributed by atoms with Crippen LogP contribution in [0.4, 0.5) is 0 Å². The Kier molecular flexibility index (Phi) is 6.14. The maximum absolute atomic E-state index is 10.1. The van der Waals surface area contributed by atoms with Crippen molar-refractivity contribution in [2.24, 2.45) is 0 Å². The topological polar surface area (TPSA) is 101 Å². The number of pyridine rings is 2. The second-order valence-corrected chi connectivity index (χ2v) is 10.3. The molecule has 5 heterocycles. The summed E-state index contributed by atoms with van der Waals surface area (Å²) >= 11 is 0. The highest BCUT2D eigenvalue weighted by atomic mass is 16.5. The van der Waals surface area contributed by atoms with Crippen LogP contribution in [-0.4, -0.2) is 73.0 Å². The van der Waals surface area contributed by atoms with Gasteiger partial charge in [-0.2, -0.15) is 5.10 Å². The minimum Gasteiger partial charge on any atom is -0.493 e. The normalized spacial score (nSPS) is 16.0.